The number of Topliss-reactive ketones (excluding diaryl/α,β-unsaturated/α-hetero) is 1. The fourth-order valence-electron chi connectivity index (χ4n) is 1.04. The molecule has 0 atom stereocenters. The summed E-state index contributed by atoms with van der Waals surface area (Å²) in [6, 6.07) is 0. The molecule has 0 spiro atoms. The largest absolute Gasteiger partial charge is 0.480 e. The molecule has 0 saturated carbocycles. The van der Waals surface area contributed by atoms with Gasteiger partial charge in [0.15, 0.2) is 5.78 Å². The Kier molecular flexibility index (Phi) is 3.25. The summed E-state index contributed by atoms with van der Waals surface area (Å²) in [6.45, 7) is -0.162. The molecule has 4 heteroatoms. The SMILES string of the molecule is O=C(O)CNC=C1C=CCCC1=O. The van der Waals surface area contributed by atoms with Crippen molar-refractivity contribution in [3.8, 4) is 0 Å². The Labute approximate surface area is 75.9 Å². The predicted molar refractivity (Wildman–Crippen MR) is 47.1 cm³/mol. The van der Waals surface area contributed by atoms with E-state index < -0.39 is 5.97 Å². The minimum absolute atomic E-state index is 0.0559. The summed E-state index contributed by atoms with van der Waals surface area (Å²) < 4.78 is 0. The molecule has 0 amide bonds. The van der Waals surface area contributed by atoms with Gasteiger partial charge in [0.1, 0.15) is 6.54 Å². The van der Waals surface area contributed by atoms with Gasteiger partial charge in [-0.25, -0.2) is 0 Å². The van der Waals surface area contributed by atoms with Crippen molar-refractivity contribution in [1.29, 1.82) is 0 Å². The first-order valence-electron chi connectivity index (χ1n) is 4.05. The second-order valence-corrected chi connectivity index (χ2v) is 2.74. The minimum Gasteiger partial charge on any atom is -0.480 e. The van der Waals surface area contributed by atoms with Crippen LogP contribution in [0.2, 0.25) is 0 Å². The quantitative estimate of drug-likeness (QED) is 0.621. The number of rotatable bonds is 3. The summed E-state index contributed by atoms with van der Waals surface area (Å²) in [5, 5.41) is 10.9. The van der Waals surface area contributed by atoms with Crippen molar-refractivity contribution in [2.24, 2.45) is 0 Å². The van der Waals surface area contributed by atoms with Crippen molar-refractivity contribution in [2.45, 2.75) is 12.8 Å². The Hall–Kier alpha value is -1.58. The van der Waals surface area contributed by atoms with Crippen LogP contribution in [-0.4, -0.2) is 23.4 Å². The molecule has 0 saturated heterocycles. The van der Waals surface area contributed by atoms with E-state index in [1.165, 1.54) is 6.20 Å². The van der Waals surface area contributed by atoms with E-state index in [4.69, 9.17) is 5.11 Å². The van der Waals surface area contributed by atoms with E-state index in [0.717, 1.165) is 6.42 Å². The summed E-state index contributed by atoms with van der Waals surface area (Å²) in [6.07, 6.45) is 6.34. The number of carboxylic acids is 1. The van der Waals surface area contributed by atoms with Gasteiger partial charge in [-0.1, -0.05) is 12.2 Å². The molecular weight excluding hydrogens is 170 g/mol. The van der Waals surface area contributed by atoms with Crippen LogP contribution in [0.1, 0.15) is 12.8 Å². The molecule has 2 N–H and O–H groups in total. The molecule has 0 radical (unpaired) electrons. The number of hydrogen-bond acceptors (Lipinski definition) is 3. The first-order valence-corrected chi connectivity index (χ1v) is 4.05. The highest BCUT2D eigenvalue weighted by molar-refractivity contribution is 5.98. The minimum atomic E-state index is -0.941. The van der Waals surface area contributed by atoms with E-state index in [1.807, 2.05) is 6.08 Å². The molecule has 0 aromatic heterocycles. The van der Waals surface area contributed by atoms with Crippen LogP contribution in [0.5, 0.6) is 0 Å². The summed E-state index contributed by atoms with van der Waals surface area (Å²) >= 11 is 0. The van der Waals surface area contributed by atoms with Gasteiger partial charge in [-0.3, -0.25) is 9.59 Å². The Balaban J connectivity index is 2.49. The third kappa shape index (κ3) is 3.11. The number of carbonyl (C=O) groups is 2. The zero-order chi connectivity index (χ0) is 9.68. The second-order valence-electron chi connectivity index (χ2n) is 2.74. The van der Waals surface area contributed by atoms with Crippen LogP contribution in [0.25, 0.3) is 0 Å². The van der Waals surface area contributed by atoms with Crippen molar-refractivity contribution < 1.29 is 14.7 Å². The third-order valence-electron chi connectivity index (χ3n) is 1.67. The Morgan fingerprint density at radius 3 is 3.08 bits per heavy atom. The van der Waals surface area contributed by atoms with Crippen LogP contribution in [0.3, 0.4) is 0 Å². The number of ketones is 1. The highest BCUT2D eigenvalue weighted by Crippen LogP contribution is 2.10. The normalized spacial score (nSPS) is 19.1. The van der Waals surface area contributed by atoms with Crippen molar-refractivity contribution in [1.82, 2.24) is 5.32 Å². The van der Waals surface area contributed by atoms with Crippen molar-refractivity contribution in [3.63, 3.8) is 0 Å². The molecule has 0 unspecified atom stereocenters. The molecule has 1 aliphatic rings. The van der Waals surface area contributed by atoms with Gasteiger partial charge >= 0.3 is 5.97 Å². The fourth-order valence-corrected chi connectivity index (χ4v) is 1.04. The van der Waals surface area contributed by atoms with Crippen LogP contribution in [0.4, 0.5) is 0 Å². The lowest BCUT2D eigenvalue weighted by molar-refractivity contribution is -0.135. The number of hydrogen-bond donors (Lipinski definition) is 2. The molecule has 4 nitrogen and oxygen atoms in total. The highest BCUT2D eigenvalue weighted by Gasteiger charge is 2.09. The zero-order valence-corrected chi connectivity index (χ0v) is 7.12. The van der Waals surface area contributed by atoms with Gasteiger partial charge in [-0.2, -0.15) is 0 Å². The molecule has 0 fully saturated rings. The topological polar surface area (TPSA) is 66.4 Å². The molecule has 1 rings (SSSR count). The van der Waals surface area contributed by atoms with E-state index in [0.29, 0.717) is 12.0 Å². The summed E-state index contributed by atoms with van der Waals surface area (Å²) in [5.74, 6) is -0.885. The van der Waals surface area contributed by atoms with Crippen molar-refractivity contribution in [3.05, 3.63) is 23.9 Å². The monoisotopic (exact) mass is 181 g/mol. The molecule has 70 valence electrons. The lowest BCUT2D eigenvalue weighted by Crippen LogP contribution is -2.18. The number of nitrogens with one attached hydrogen (secondary N) is 1. The maximum atomic E-state index is 11.2. The van der Waals surface area contributed by atoms with Gasteiger partial charge in [0.25, 0.3) is 0 Å². The average Bonchev–Trinajstić information content (AvgIpc) is 2.08. The highest BCUT2D eigenvalue weighted by atomic mass is 16.4. The lowest BCUT2D eigenvalue weighted by atomic mass is 10.0. The number of aliphatic carboxylic acids is 1. The van der Waals surface area contributed by atoms with E-state index >= 15 is 0 Å². The van der Waals surface area contributed by atoms with Crippen molar-refractivity contribution >= 4 is 11.8 Å². The van der Waals surface area contributed by atoms with E-state index in [9.17, 15) is 9.59 Å². The molecule has 1 aliphatic carbocycles. The van der Waals surface area contributed by atoms with Crippen molar-refractivity contribution in [2.75, 3.05) is 6.54 Å². The zero-order valence-electron chi connectivity index (χ0n) is 7.12. The molecule has 0 bridgehead atoms. The number of carboxylic acid groups (broad SMARTS) is 1. The van der Waals surface area contributed by atoms with E-state index in [2.05, 4.69) is 5.32 Å². The standard InChI is InChI=1S/C9H11NO3/c11-8-4-2-1-3-7(8)5-10-6-9(12)13/h1,3,5,10H,2,4,6H2,(H,12,13). The van der Waals surface area contributed by atoms with Crippen LogP contribution in [0, 0.1) is 0 Å². The third-order valence-corrected chi connectivity index (χ3v) is 1.67. The number of carbonyl (C=O) groups excluding carboxylic acids is 1. The molecule has 13 heavy (non-hydrogen) atoms. The summed E-state index contributed by atoms with van der Waals surface area (Å²) in [4.78, 5) is 21.3. The van der Waals surface area contributed by atoms with Gasteiger partial charge in [0.2, 0.25) is 0 Å². The number of allylic oxidation sites excluding steroid dienone is 3. The molecule has 0 aliphatic heterocycles. The molecule has 0 aromatic carbocycles. The first kappa shape index (κ1) is 9.51. The second kappa shape index (κ2) is 4.45. The van der Waals surface area contributed by atoms with Gasteiger partial charge < -0.3 is 10.4 Å². The maximum absolute atomic E-state index is 11.2. The molecule has 0 heterocycles. The first-order chi connectivity index (χ1) is 6.20. The maximum Gasteiger partial charge on any atom is 0.322 e. The molecule has 0 aromatic rings. The van der Waals surface area contributed by atoms with Crippen LogP contribution in [0.15, 0.2) is 23.9 Å². The van der Waals surface area contributed by atoms with Gasteiger partial charge in [0.05, 0.1) is 0 Å². The van der Waals surface area contributed by atoms with Gasteiger partial charge in [-0.15, -0.1) is 0 Å². The lowest BCUT2D eigenvalue weighted by Gasteiger charge is -2.05. The van der Waals surface area contributed by atoms with Crippen LogP contribution < -0.4 is 5.32 Å². The Morgan fingerprint density at radius 2 is 2.46 bits per heavy atom. The van der Waals surface area contributed by atoms with E-state index in [1.54, 1.807) is 6.08 Å². The van der Waals surface area contributed by atoms with Gasteiger partial charge in [-0.05, 0) is 6.42 Å². The van der Waals surface area contributed by atoms with Crippen LogP contribution >= 0.6 is 0 Å². The Bertz CT molecular complexity index is 279. The average molecular weight is 181 g/mol. The predicted octanol–water partition coefficient (Wildman–Crippen LogP) is 0.464. The summed E-state index contributed by atoms with van der Waals surface area (Å²) in [5.41, 5.74) is 0.549. The smallest absolute Gasteiger partial charge is 0.322 e. The Morgan fingerprint density at radius 1 is 1.69 bits per heavy atom. The van der Waals surface area contributed by atoms with Gasteiger partial charge in [0, 0.05) is 18.2 Å². The molecular formula is C9H11NO3. The fraction of sp³-hybridized carbons (Fsp3) is 0.333. The van der Waals surface area contributed by atoms with Crippen LogP contribution in [-0.2, 0) is 9.59 Å². The van der Waals surface area contributed by atoms with E-state index in [-0.39, 0.29) is 12.3 Å². The summed E-state index contributed by atoms with van der Waals surface area (Å²) in [7, 11) is 0.